The number of aliphatic hydroxyl groups excluding tert-OH is 1. The molecular formula is C16H22Cl2N2O3. The van der Waals surface area contributed by atoms with Gasteiger partial charge in [-0.1, -0.05) is 30.1 Å². The highest BCUT2D eigenvalue weighted by Crippen LogP contribution is 2.37. The van der Waals surface area contributed by atoms with Crippen molar-refractivity contribution in [3.8, 4) is 5.75 Å². The highest BCUT2D eigenvalue weighted by atomic mass is 35.5. The van der Waals surface area contributed by atoms with Crippen LogP contribution in [-0.4, -0.2) is 40.7 Å². The molecule has 1 heterocycles. The van der Waals surface area contributed by atoms with Crippen LogP contribution in [-0.2, 0) is 4.79 Å². The van der Waals surface area contributed by atoms with E-state index >= 15 is 0 Å². The van der Waals surface area contributed by atoms with Crippen LogP contribution in [0.3, 0.4) is 0 Å². The molecule has 1 aromatic rings. The lowest BCUT2D eigenvalue weighted by Gasteiger charge is -2.36. The molecule has 1 fully saturated rings. The van der Waals surface area contributed by atoms with Gasteiger partial charge in [0.25, 0.3) is 0 Å². The van der Waals surface area contributed by atoms with Crippen LogP contribution >= 0.6 is 23.2 Å². The Labute approximate surface area is 146 Å². The number of amides is 1. The third-order valence-corrected chi connectivity index (χ3v) is 5.21. The van der Waals surface area contributed by atoms with Crippen molar-refractivity contribution in [2.24, 2.45) is 17.6 Å². The first-order chi connectivity index (χ1) is 10.8. The van der Waals surface area contributed by atoms with Gasteiger partial charge >= 0.3 is 0 Å². The number of halogens is 2. The van der Waals surface area contributed by atoms with Crippen molar-refractivity contribution >= 4 is 29.1 Å². The monoisotopic (exact) mass is 360 g/mol. The minimum Gasteiger partial charge on any atom is -0.508 e. The summed E-state index contributed by atoms with van der Waals surface area (Å²) in [7, 11) is 0. The molecule has 0 aliphatic carbocycles. The Morgan fingerprint density at radius 3 is 2.48 bits per heavy atom. The number of nitrogens with zero attached hydrogens (tertiary/aromatic N) is 1. The first-order valence-corrected chi connectivity index (χ1v) is 8.43. The Hall–Kier alpha value is -1.01. The summed E-state index contributed by atoms with van der Waals surface area (Å²) in [6, 6.07) is 2.65. The second-order valence-electron chi connectivity index (χ2n) is 6.10. The third-order valence-electron chi connectivity index (χ3n) is 4.48. The number of likely N-dealkylation sites (tertiary alicyclic amines) is 1. The van der Waals surface area contributed by atoms with Crippen LogP contribution in [0.2, 0.25) is 10.0 Å². The Morgan fingerprint density at radius 2 is 1.91 bits per heavy atom. The van der Waals surface area contributed by atoms with E-state index in [0.717, 1.165) is 12.8 Å². The van der Waals surface area contributed by atoms with Gasteiger partial charge in [-0.15, -0.1) is 0 Å². The van der Waals surface area contributed by atoms with Gasteiger partial charge in [-0.2, -0.15) is 0 Å². The molecule has 1 saturated heterocycles. The molecule has 2 atom stereocenters. The lowest BCUT2D eigenvalue weighted by molar-refractivity contribution is -0.137. The molecule has 4 N–H and O–H groups in total. The number of carbonyl (C=O) groups excluding carboxylic acids is 1. The molecule has 0 spiro atoms. The zero-order valence-corrected chi connectivity index (χ0v) is 14.5. The van der Waals surface area contributed by atoms with Crippen LogP contribution < -0.4 is 5.73 Å². The number of phenolic OH excluding ortho intramolecular Hbond substituents is 1. The third kappa shape index (κ3) is 4.10. The molecule has 128 valence electrons. The number of nitrogens with two attached hydrogens (primary N) is 1. The summed E-state index contributed by atoms with van der Waals surface area (Å²) in [5, 5.41) is 19.8. The van der Waals surface area contributed by atoms with Gasteiger partial charge in [0.1, 0.15) is 5.75 Å². The van der Waals surface area contributed by atoms with Crippen LogP contribution in [0.15, 0.2) is 12.1 Å². The maximum atomic E-state index is 12.1. The van der Waals surface area contributed by atoms with Gasteiger partial charge in [0, 0.05) is 30.8 Å². The van der Waals surface area contributed by atoms with Crippen LogP contribution in [0.4, 0.5) is 0 Å². The molecular weight excluding hydrogens is 339 g/mol. The molecule has 0 aromatic heterocycles. The fourth-order valence-electron chi connectivity index (χ4n) is 2.94. The summed E-state index contributed by atoms with van der Waals surface area (Å²) in [5.74, 6) is -0.220. The standard InChI is InChI=1S/C16H22Cl2N2O3/c1-9(8-21)16(23)20-4-2-10(3-5-20)15(19)11-6-12(17)13(18)7-14(11)22/h6-7,9-10,15,21-22H,2-5,8,19H2,1H3/t9-,15-/m1/s1. The number of hydrogen-bond donors (Lipinski definition) is 3. The van der Waals surface area contributed by atoms with E-state index in [1.54, 1.807) is 17.9 Å². The molecule has 5 nitrogen and oxygen atoms in total. The summed E-state index contributed by atoms with van der Waals surface area (Å²) in [6.45, 7) is 2.77. The van der Waals surface area contributed by atoms with E-state index in [9.17, 15) is 9.90 Å². The molecule has 23 heavy (non-hydrogen) atoms. The molecule has 0 saturated carbocycles. The van der Waals surface area contributed by atoms with E-state index in [1.807, 2.05) is 0 Å². The first-order valence-electron chi connectivity index (χ1n) is 7.68. The molecule has 1 aromatic carbocycles. The van der Waals surface area contributed by atoms with Crippen LogP contribution in [0.25, 0.3) is 0 Å². The van der Waals surface area contributed by atoms with Crippen LogP contribution in [0, 0.1) is 11.8 Å². The zero-order valence-electron chi connectivity index (χ0n) is 13.0. The topological polar surface area (TPSA) is 86.8 Å². The lowest BCUT2D eigenvalue weighted by atomic mass is 9.85. The minimum atomic E-state index is -0.376. The molecule has 0 bridgehead atoms. The van der Waals surface area contributed by atoms with Gasteiger partial charge < -0.3 is 20.8 Å². The van der Waals surface area contributed by atoms with E-state index in [0.29, 0.717) is 28.7 Å². The molecule has 2 rings (SSSR count). The van der Waals surface area contributed by atoms with Crippen molar-refractivity contribution in [2.45, 2.75) is 25.8 Å². The number of aliphatic hydroxyl groups is 1. The summed E-state index contributed by atoms with van der Waals surface area (Å²) in [6.07, 6.45) is 1.48. The quantitative estimate of drug-likeness (QED) is 0.769. The Bertz CT molecular complexity index is 575. The highest BCUT2D eigenvalue weighted by molar-refractivity contribution is 6.42. The lowest BCUT2D eigenvalue weighted by Crippen LogP contribution is -2.43. The van der Waals surface area contributed by atoms with Crippen molar-refractivity contribution in [2.75, 3.05) is 19.7 Å². The summed E-state index contributed by atoms with van der Waals surface area (Å²) < 4.78 is 0. The van der Waals surface area contributed by atoms with Gasteiger partial charge in [-0.3, -0.25) is 4.79 Å². The van der Waals surface area contributed by atoms with Gasteiger partial charge in [0.15, 0.2) is 0 Å². The Kier molecular flexibility index (Phi) is 6.14. The summed E-state index contributed by atoms with van der Waals surface area (Å²) >= 11 is 11.9. The first kappa shape index (κ1) is 18.3. The van der Waals surface area contributed by atoms with Gasteiger partial charge in [0.2, 0.25) is 5.91 Å². The van der Waals surface area contributed by atoms with E-state index in [2.05, 4.69) is 0 Å². The van der Waals surface area contributed by atoms with Crippen molar-refractivity contribution in [1.29, 1.82) is 0 Å². The normalized spacial score (nSPS) is 18.7. The van der Waals surface area contributed by atoms with Gasteiger partial charge in [0.05, 0.1) is 22.6 Å². The van der Waals surface area contributed by atoms with Gasteiger partial charge in [-0.25, -0.2) is 0 Å². The minimum absolute atomic E-state index is 0.0306. The summed E-state index contributed by atoms with van der Waals surface area (Å²) in [4.78, 5) is 13.8. The number of hydrogen-bond acceptors (Lipinski definition) is 4. The SMILES string of the molecule is C[C@H](CO)C(=O)N1CCC([C@@H](N)c2cc(Cl)c(Cl)cc2O)CC1. The fraction of sp³-hybridized carbons (Fsp3) is 0.562. The Balaban J connectivity index is 2.03. The number of aromatic hydroxyl groups is 1. The van der Waals surface area contributed by atoms with Gasteiger partial charge in [-0.05, 0) is 24.8 Å². The number of benzene rings is 1. The maximum Gasteiger partial charge on any atom is 0.227 e. The highest BCUT2D eigenvalue weighted by Gasteiger charge is 2.30. The average molecular weight is 361 g/mol. The Morgan fingerprint density at radius 1 is 1.35 bits per heavy atom. The predicted molar refractivity (Wildman–Crippen MR) is 90.6 cm³/mol. The fourth-order valence-corrected chi connectivity index (χ4v) is 3.27. The van der Waals surface area contributed by atoms with Crippen LogP contribution in [0.5, 0.6) is 5.75 Å². The van der Waals surface area contributed by atoms with E-state index in [-0.39, 0.29) is 36.1 Å². The zero-order chi connectivity index (χ0) is 17.1. The van der Waals surface area contributed by atoms with E-state index in [1.165, 1.54) is 6.07 Å². The second-order valence-corrected chi connectivity index (χ2v) is 6.91. The van der Waals surface area contributed by atoms with Crippen molar-refractivity contribution < 1.29 is 15.0 Å². The number of rotatable bonds is 4. The summed E-state index contributed by atoms with van der Waals surface area (Å²) in [5.41, 5.74) is 6.87. The molecule has 0 radical (unpaired) electrons. The molecule has 1 aliphatic rings. The predicted octanol–water partition coefficient (Wildman–Crippen LogP) is 2.57. The molecule has 1 aliphatic heterocycles. The largest absolute Gasteiger partial charge is 0.508 e. The smallest absolute Gasteiger partial charge is 0.227 e. The van der Waals surface area contributed by atoms with Crippen molar-refractivity contribution in [3.05, 3.63) is 27.7 Å². The van der Waals surface area contributed by atoms with E-state index < -0.39 is 0 Å². The average Bonchev–Trinajstić information content (AvgIpc) is 2.56. The number of piperidine rings is 1. The number of phenols is 1. The van der Waals surface area contributed by atoms with Crippen molar-refractivity contribution in [1.82, 2.24) is 4.90 Å². The molecule has 7 heteroatoms. The maximum absolute atomic E-state index is 12.1. The van der Waals surface area contributed by atoms with Crippen molar-refractivity contribution in [3.63, 3.8) is 0 Å². The van der Waals surface area contributed by atoms with E-state index in [4.69, 9.17) is 34.0 Å². The second kappa shape index (κ2) is 7.71. The molecule has 0 unspecified atom stereocenters. The molecule has 1 amide bonds. The number of carbonyl (C=O) groups is 1. The van der Waals surface area contributed by atoms with Crippen LogP contribution in [0.1, 0.15) is 31.4 Å².